The van der Waals surface area contributed by atoms with E-state index in [4.69, 9.17) is 16.3 Å². The maximum Gasteiger partial charge on any atom is 0.133 e. The Morgan fingerprint density at radius 2 is 2.06 bits per heavy atom. The van der Waals surface area contributed by atoms with Crippen molar-refractivity contribution in [1.29, 1.82) is 0 Å². The third-order valence-corrected chi connectivity index (χ3v) is 3.53. The second kappa shape index (κ2) is 7.96. The van der Waals surface area contributed by atoms with E-state index in [2.05, 4.69) is 35.1 Å². The Balaban J connectivity index is 2.31. The molecule has 1 rings (SSSR count). The van der Waals surface area contributed by atoms with Crippen molar-refractivity contribution in [2.45, 2.75) is 32.7 Å². The lowest BCUT2D eigenvalue weighted by atomic mass is 10.2. The molecule has 0 saturated heterocycles. The van der Waals surface area contributed by atoms with E-state index < -0.39 is 0 Å². The largest absolute Gasteiger partial charge is 0.491 e. The summed E-state index contributed by atoms with van der Waals surface area (Å²) in [5.74, 6) is 0.834. The number of halogens is 2. The molecule has 0 amide bonds. The van der Waals surface area contributed by atoms with E-state index in [0.717, 1.165) is 29.6 Å². The first-order chi connectivity index (χ1) is 8.17. The Kier molecular flexibility index (Phi) is 6.93. The number of rotatable bonds is 7. The summed E-state index contributed by atoms with van der Waals surface area (Å²) in [6.45, 7) is 5.91. The van der Waals surface area contributed by atoms with Crippen LogP contribution in [-0.2, 0) is 0 Å². The molecule has 0 aromatic heterocycles. The van der Waals surface area contributed by atoms with Gasteiger partial charge in [0.25, 0.3) is 0 Å². The Bertz CT molecular complexity index is 342. The van der Waals surface area contributed by atoms with Crippen LogP contribution >= 0.6 is 27.5 Å². The molecular weight excluding hydrogens is 302 g/mol. The summed E-state index contributed by atoms with van der Waals surface area (Å²) in [6, 6.07) is 6.14. The molecule has 0 unspecified atom stereocenters. The summed E-state index contributed by atoms with van der Waals surface area (Å²) in [6.07, 6.45) is 2.31. The third kappa shape index (κ3) is 5.28. The zero-order valence-electron chi connectivity index (χ0n) is 10.3. The topological polar surface area (TPSA) is 21.3 Å². The minimum absolute atomic E-state index is 0.590. The number of nitrogens with one attached hydrogen (secondary N) is 1. The monoisotopic (exact) mass is 319 g/mol. The summed E-state index contributed by atoms with van der Waals surface area (Å²) in [5, 5.41) is 4.16. The minimum Gasteiger partial charge on any atom is -0.491 e. The Morgan fingerprint density at radius 1 is 1.35 bits per heavy atom. The van der Waals surface area contributed by atoms with Crippen molar-refractivity contribution in [3.8, 4) is 5.75 Å². The first kappa shape index (κ1) is 14.8. The molecule has 0 spiro atoms. The molecule has 0 saturated carbocycles. The van der Waals surface area contributed by atoms with Gasteiger partial charge >= 0.3 is 0 Å². The SMILES string of the molecule is CCC(CC)NCCOc1ccc(Cl)cc1Br. The Labute approximate surface area is 117 Å². The molecular formula is C13H19BrClNO. The summed E-state index contributed by atoms with van der Waals surface area (Å²) < 4.78 is 6.56. The van der Waals surface area contributed by atoms with Crippen LogP contribution in [-0.4, -0.2) is 19.2 Å². The van der Waals surface area contributed by atoms with Crippen molar-refractivity contribution in [3.05, 3.63) is 27.7 Å². The highest BCUT2D eigenvalue weighted by molar-refractivity contribution is 9.10. The maximum absolute atomic E-state index is 5.86. The number of ether oxygens (including phenoxy) is 1. The fourth-order valence-corrected chi connectivity index (χ4v) is 2.39. The van der Waals surface area contributed by atoms with E-state index in [9.17, 15) is 0 Å². The molecule has 4 heteroatoms. The fourth-order valence-electron chi connectivity index (χ4n) is 1.59. The first-order valence-electron chi connectivity index (χ1n) is 5.98. The molecule has 2 nitrogen and oxygen atoms in total. The van der Waals surface area contributed by atoms with Crippen LogP contribution in [0, 0.1) is 0 Å². The number of hydrogen-bond acceptors (Lipinski definition) is 2. The third-order valence-electron chi connectivity index (χ3n) is 2.67. The molecule has 0 heterocycles. The summed E-state index contributed by atoms with van der Waals surface area (Å²) in [7, 11) is 0. The smallest absolute Gasteiger partial charge is 0.133 e. The van der Waals surface area contributed by atoms with Gasteiger partial charge < -0.3 is 10.1 Å². The van der Waals surface area contributed by atoms with Gasteiger partial charge in [-0.05, 0) is 47.0 Å². The molecule has 0 aliphatic carbocycles. The van der Waals surface area contributed by atoms with Crippen LogP contribution in [0.2, 0.25) is 5.02 Å². The average molecular weight is 321 g/mol. The van der Waals surface area contributed by atoms with Gasteiger partial charge in [0.1, 0.15) is 12.4 Å². The lowest BCUT2D eigenvalue weighted by Gasteiger charge is -2.15. The van der Waals surface area contributed by atoms with Crippen LogP contribution in [0.5, 0.6) is 5.75 Å². The van der Waals surface area contributed by atoms with E-state index in [1.165, 1.54) is 0 Å². The van der Waals surface area contributed by atoms with Crippen LogP contribution in [0.15, 0.2) is 22.7 Å². The quantitative estimate of drug-likeness (QED) is 0.758. The normalized spacial score (nSPS) is 10.9. The Morgan fingerprint density at radius 3 is 2.65 bits per heavy atom. The molecule has 1 N–H and O–H groups in total. The van der Waals surface area contributed by atoms with Crippen molar-refractivity contribution < 1.29 is 4.74 Å². The van der Waals surface area contributed by atoms with Gasteiger partial charge in [-0.15, -0.1) is 0 Å². The zero-order chi connectivity index (χ0) is 12.7. The lowest BCUT2D eigenvalue weighted by Crippen LogP contribution is -2.31. The summed E-state index contributed by atoms with van der Waals surface area (Å²) in [4.78, 5) is 0. The molecule has 1 aromatic carbocycles. The summed E-state index contributed by atoms with van der Waals surface area (Å²) >= 11 is 9.29. The van der Waals surface area contributed by atoms with Gasteiger partial charge in [0.15, 0.2) is 0 Å². The molecule has 1 aromatic rings. The zero-order valence-corrected chi connectivity index (χ0v) is 12.6. The molecule has 0 radical (unpaired) electrons. The highest BCUT2D eigenvalue weighted by Crippen LogP contribution is 2.27. The van der Waals surface area contributed by atoms with E-state index in [1.54, 1.807) is 0 Å². The van der Waals surface area contributed by atoms with Gasteiger partial charge in [0.05, 0.1) is 4.47 Å². The summed E-state index contributed by atoms with van der Waals surface area (Å²) in [5.41, 5.74) is 0. The van der Waals surface area contributed by atoms with Gasteiger partial charge in [-0.25, -0.2) is 0 Å². The van der Waals surface area contributed by atoms with Crippen LogP contribution in [0.1, 0.15) is 26.7 Å². The van der Waals surface area contributed by atoms with Crippen LogP contribution in [0.25, 0.3) is 0 Å². The highest BCUT2D eigenvalue weighted by Gasteiger charge is 2.03. The molecule has 17 heavy (non-hydrogen) atoms. The second-order valence-corrected chi connectivity index (χ2v) is 5.18. The van der Waals surface area contributed by atoms with Crippen molar-refractivity contribution in [3.63, 3.8) is 0 Å². The van der Waals surface area contributed by atoms with Gasteiger partial charge in [0.2, 0.25) is 0 Å². The Hall–Kier alpha value is -0.250. The van der Waals surface area contributed by atoms with E-state index in [-0.39, 0.29) is 0 Å². The highest BCUT2D eigenvalue weighted by atomic mass is 79.9. The predicted octanol–water partition coefficient (Wildman–Crippen LogP) is 4.26. The van der Waals surface area contributed by atoms with Gasteiger partial charge in [-0.1, -0.05) is 25.4 Å². The molecule has 96 valence electrons. The minimum atomic E-state index is 0.590. The van der Waals surface area contributed by atoms with Gasteiger partial charge in [-0.2, -0.15) is 0 Å². The number of benzene rings is 1. The average Bonchev–Trinajstić information content (AvgIpc) is 2.32. The van der Waals surface area contributed by atoms with Gasteiger partial charge in [0, 0.05) is 17.6 Å². The molecule has 0 bridgehead atoms. The van der Waals surface area contributed by atoms with Crippen molar-refractivity contribution in [2.24, 2.45) is 0 Å². The molecule has 0 atom stereocenters. The van der Waals surface area contributed by atoms with E-state index in [1.807, 2.05) is 18.2 Å². The van der Waals surface area contributed by atoms with Crippen LogP contribution in [0.3, 0.4) is 0 Å². The molecule has 0 fully saturated rings. The van der Waals surface area contributed by atoms with Crippen molar-refractivity contribution in [2.75, 3.05) is 13.2 Å². The van der Waals surface area contributed by atoms with E-state index in [0.29, 0.717) is 17.7 Å². The van der Waals surface area contributed by atoms with Crippen LogP contribution in [0.4, 0.5) is 0 Å². The standard InChI is InChI=1S/C13H19BrClNO/c1-3-11(4-2)16-7-8-17-13-6-5-10(15)9-12(13)14/h5-6,9,11,16H,3-4,7-8H2,1-2H3. The van der Waals surface area contributed by atoms with E-state index >= 15 is 0 Å². The fraction of sp³-hybridized carbons (Fsp3) is 0.538. The molecule has 0 aliphatic rings. The first-order valence-corrected chi connectivity index (χ1v) is 7.15. The predicted molar refractivity (Wildman–Crippen MR) is 77.0 cm³/mol. The number of hydrogen-bond donors (Lipinski definition) is 1. The van der Waals surface area contributed by atoms with Gasteiger partial charge in [-0.3, -0.25) is 0 Å². The molecule has 0 aliphatic heterocycles. The second-order valence-electron chi connectivity index (χ2n) is 3.89. The maximum atomic E-state index is 5.86. The van der Waals surface area contributed by atoms with Crippen molar-refractivity contribution in [1.82, 2.24) is 5.32 Å². The van der Waals surface area contributed by atoms with Crippen LogP contribution < -0.4 is 10.1 Å². The van der Waals surface area contributed by atoms with Crippen molar-refractivity contribution >= 4 is 27.5 Å². The lowest BCUT2D eigenvalue weighted by molar-refractivity contribution is 0.301.